The fraction of sp³-hybridized carbons (Fsp3) is 0.304. The Morgan fingerprint density at radius 3 is 2.47 bits per heavy atom. The van der Waals surface area contributed by atoms with Crippen LogP contribution in [0, 0.1) is 0 Å². The van der Waals surface area contributed by atoms with Crippen molar-refractivity contribution in [2.75, 3.05) is 6.54 Å². The van der Waals surface area contributed by atoms with Crippen molar-refractivity contribution in [1.29, 1.82) is 0 Å². The quantitative estimate of drug-likeness (QED) is 0.532. The van der Waals surface area contributed by atoms with E-state index in [1.807, 2.05) is 35.1 Å². The molecule has 2 amide bonds. The summed E-state index contributed by atoms with van der Waals surface area (Å²) in [5, 5.41) is 4.51. The fourth-order valence-electron chi connectivity index (χ4n) is 4.41. The largest absolute Gasteiger partial charge is 0.348 e. The molecule has 2 heterocycles. The van der Waals surface area contributed by atoms with Gasteiger partial charge in [0, 0.05) is 37.5 Å². The molecule has 0 saturated carbocycles. The minimum absolute atomic E-state index is 0.143. The third-order valence-electron chi connectivity index (χ3n) is 6.00. The fourth-order valence-corrected chi connectivity index (χ4v) is 6.16. The number of halogens is 2. The van der Waals surface area contributed by atoms with Crippen LogP contribution >= 0.6 is 23.2 Å². The predicted octanol–water partition coefficient (Wildman–Crippen LogP) is 3.80. The number of carbonyl (C=O) groups is 2. The van der Waals surface area contributed by atoms with E-state index < -0.39 is 22.2 Å². The zero-order valence-electron chi connectivity index (χ0n) is 18.6. The molecule has 1 saturated heterocycles. The van der Waals surface area contributed by atoms with Crippen LogP contribution in [-0.2, 0) is 22.1 Å². The third kappa shape index (κ3) is 4.79. The van der Waals surface area contributed by atoms with E-state index in [-0.39, 0.29) is 18.5 Å². The normalized spacial score (nSPS) is 19.2. The lowest BCUT2D eigenvalue weighted by Crippen LogP contribution is -2.51. The molecule has 0 unspecified atom stereocenters. The number of nitrogens with one attached hydrogen (secondary N) is 2. The topological polar surface area (TPSA) is 101 Å². The van der Waals surface area contributed by atoms with E-state index in [9.17, 15) is 18.0 Å². The van der Waals surface area contributed by atoms with Gasteiger partial charge in [0.15, 0.2) is 0 Å². The summed E-state index contributed by atoms with van der Waals surface area (Å²) in [4.78, 5) is 24.6. The highest BCUT2D eigenvalue weighted by atomic mass is 35.5. The summed E-state index contributed by atoms with van der Waals surface area (Å²) in [6, 6.07) is 13.5. The molecule has 0 bridgehead atoms. The average Bonchev–Trinajstić information content (AvgIpc) is 3.13. The molecule has 0 spiro atoms. The van der Waals surface area contributed by atoms with Crippen LogP contribution in [0.25, 0.3) is 10.9 Å². The maximum absolute atomic E-state index is 13.2. The van der Waals surface area contributed by atoms with Gasteiger partial charge in [0.1, 0.15) is 5.69 Å². The monoisotopic (exact) mass is 522 g/mol. The Labute approximate surface area is 208 Å². The van der Waals surface area contributed by atoms with Crippen molar-refractivity contribution >= 4 is 56.1 Å². The lowest BCUT2D eigenvalue weighted by molar-refractivity contribution is -0.117. The third-order valence-corrected chi connectivity index (χ3v) is 8.42. The van der Waals surface area contributed by atoms with Crippen molar-refractivity contribution in [2.45, 2.75) is 31.8 Å². The van der Waals surface area contributed by atoms with Crippen LogP contribution in [-0.4, -0.2) is 41.7 Å². The maximum atomic E-state index is 13.2. The van der Waals surface area contributed by atoms with Gasteiger partial charge < -0.3 is 9.88 Å². The van der Waals surface area contributed by atoms with Crippen molar-refractivity contribution in [1.82, 2.24) is 18.9 Å². The van der Waals surface area contributed by atoms with E-state index in [0.29, 0.717) is 34.0 Å². The van der Waals surface area contributed by atoms with E-state index >= 15 is 0 Å². The Bertz CT molecular complexity index is 1360. The highest BCUT2D eigenvalue weighted by molar-refractivity contribution is 7.87. The average molecular weight is 523 g/mol. The van der Waals surface area contributed by atoms with Gasteiger partial charge in [-0.1, -0.05) is 53.5 Å². The summed E-state index contributed by atoms with van der Waals surface area (Å²) < 4.78 is 30.7. The maximum Gasteiger partial charge on any atom is 0.304 e. The second-order valence-corrected chi connectivity index (χ2v) is 10.7. The van der Waals surface area contributed by atoms with Gasteiger partial charge in [-0.2, -0.15) is 12.7 Å². The van der Waals surface area contributed by atoms with Crippen LogP contribution in [0.2, 0.25) is 10.0 Å². The Balaban J connectivity index is 1.59. The number of rotatable bonds is 5. The molecule has 1 fully saturated rings. The van der Waals surface area contributed by atoms with Gasteiger partial charge in [-0.3, -0.25) is 9.59 Å². The zero-order valence-corrected chi connectivity index (χ0v) is 20.9. The number of carbonyl (C=O) groups excluding carboxylic acids is 2. The molecule has 3 aromatic rings. The number of piperidine rings is 1. The minimum atomic E-state index is -4.03. The molecule has 0 radical (unpaired) electrons. The number of fused-ring (bicyclic) bond motifs is 1. The smallest absolute Gasteiger partial charge is 0.304 e. The van der Waals surface area contributed by atoms with Gasteiger partial charge in [0.2, 0.25) is 5.91 Å². The highest BCUT2D eigenvalue weighted by Crippen LogP contribution is 2.34. The summed E-state index contributed by atoms with van der Waals surface area (Å²) >= 11 is 12.4. The molecule has 180 valence electrons. The molecule has 11 heteroatoms. The Hall–Kier alpha value is -2.59. The lowest BCUT2D eigenvalue weighted by atomic mass is 9.93. The van der Waals surface area contributed by atoms with Gasteiger partial charge in [-0.15, -0.1) is 0 Å². The number of benzene rings is 2. The van der Waals surface area contributed by atoms with E-state index in [0.717, 1.165) is 18.0 Å². The van der Waals surface area contributed by atoms with Gasteiger partial charge in [0.25, 0.3) is 5.91 Å². The van der Waals surface area contributed by atoms with Crippen molar-refractivity contribution in [3.8, 4) is 0 Å². The summed E-state index contributed by atoms with van der Waals surface area (Å²) in [5.74, 6) is -0.947. The Kier molecular flexibility index (Phi) is 6.91. The first-order chi connectivity index (χ1) is 16.1. The Morgan fingerprint density at radius 1 is 1.09 bits per heavy atom. The molecular formula is C23H24Cl2N4O4S. The Morgan fingerprint density at radius 2 is 1.79 bits per heavy atom. The van der Waals surface area contributed by atoms with Crippen LogP contribution in [0.4, 0.5) is 0 Å². The SMILES string of the molecule is CC(=O)NS(=O)(=O)N1CC[C@@H](NC(=O)c2cc3c(Cl)c(Cl)ccc3n2C)C[C@@H]1c1ccccc1. The van der Waals surface area contributed by atoms with E-state index in [2.05, 4.69) is 5.32 Å². The molecule has 4 rings (SSSR count). The second-order valence-electron chi connectivity index (χ2n) is 8.28. The van der Waals surface area contributed by atoms with E-state index in [1.54, 1.807) is 29.8 Å². The first-order valence-corrected chi connectivity index (χ1v) is 12.9. The van der Waals surface area contributed by atoms with E-state index in [4.69, 9.17) is 23.2 Å². The van der Waals surface area contributed by atoms with E-state index in [1.165, 1.54) is 4.31 Å². The van der Waals surface area contributed by atoms with Crippen molar-refractivity contribution in [3.63, 3.8) is 0 Å². The second kappa shape index (κ2) is 9.58. The summed E-state index contributed by atoms with van der Waals surface area (Å²) in [7, 11) is -2.25. The summed E-state index contributed by atoms with van der Waals surface area (Å²) in [6.07, 6.45) is 0.746. The van der Waals surface area contributed by atoms with Crippen LogP contribution < -0.4 is 10.0 Å². The summed E-state index contributed by atoms with van der Waals surface area (Å²) in [6.45, 7) is 1.30. The van der Waals surface area contributed by atoms with Crippen LogP contribution in [0.5, 0.6) is 0 Å². The van der Waals surface area contributed by atoms with Crippen LogP contribution in [0.3, 0.4) is 0 Å². The summed E-state index contributed by atoms with van der Waals surface area (Å²) in [5.41, 5.74) is 1.98. The highest BCUT2D eigenvalue weighted by Gasteiger charge is 2.38. The molecular weight excluding hydrogens is 499 g/mol. The lowest BCUT2D eigenvalue weighted by Gasteiger charge is -2.38. The van der Waals surface area contributed by atoms with Gasteiger partial charge >= 0.3 is 10.2 Å². The first-order valence-electron chi connectivity index (χ1n) is 10.7. The number of aryl methyl sites for hydroxylation is 1. The molecule has 34 heavy (non-hydrogen) atoms. The van der Waals surface area contributed by atoms with Crippen molar-refractivity contribution in [3.05, 3.63) is 69.8 Å². The predicted molar refractivity (Wildman–Crippen MR) is 132 cm³/mol. The van der Waals surface area contributed by atoms with Crippen molar-refractivity contribution in [2.24, 2.45) is 7.05 Å². The van der Waals surface area contributed by atoms with Gasteiger partial charge in [-0.05, 0) is 36.6 Å². The molecule has 8 nitrogen and oxygen atoms in total. The van der Waals surface area contributed by atoms with Crippen molar-refractivity contribution < 1.29 is 18.0 Å². The van der Waals surface area contributed by atoms with Gasteiger partial charge in [0.05, 0.1) is 16.1 Å². The standard InChI is InChI=1S/C23H24Cl2N4O4S/c1-14(30)27-34(32,33)29-11-10-16(12-20(29)15-6-4-3-5-7-15)26-23(31)21-13-17-19(28(21)2)9-8-18(24)22(17)25/h3-9,13,16,20H,10-12H2,1-2H3,(H,26,31)(H,27,30)/t16-,20-/m1/s1. The number of aromatic nitrogens is 1. The molecule has 2 atom stereocenters. The molecule has 0 aliphatic carbocycles. The first kappa shape index (κ1) is 24.5. The van der Waals surface area contributed by atoms with Crippen LogP contribution in [0.15, 0.2) is 48.5 Å². The number of hydrogen-bond acceptors (Lipinski definition) is 4. The zero-order chi connectivity index (χ0) is 24.6. The number of nitrogens with zero attached hydrogens (tertiary/aromatic N) is 2. The molecule has 2 aromatic carbocycles. The van der Waals surface area contributed by atoms with Crippen LogP contribution in [0.1, 0.15) is 41.9 Å². The number of hydrogen-bond donors (Lipinski definition) is 2. The van der Waals surface area contributed by atoms with Gasteiger partial charge in [-0.25, -0.2) is 4.72 Å². The minimum Gasteiger partial charge on any atom is -0.348 e. The molecule has 1 aromatic heterocycles. The number of amides is 2. The molecule has 1 aliphatic heterocycles. The molecule has 1 aliphatic rings. The molecule has 2 N–H and O–H groups in total.